The molecule has 0 saturated heterocycles. The third-order valence-electron chi connectivity index (χ3n) is 2.30. The molecule has 2 heterocycles. The number of para-hydroxylation sites is 1. The summed E-state index contributed by atoms with van der Waals surface area (Å²) in [5.41, 5.74) is -0.0586. The number of benzene rings is 1. The van der Waals surface area contributed by atoms with Crippen molar-refractivity contribution in [3.8, 4) is 11.8 Å². The molecule has 0 aliphatic rings. The molecule has 6 heteroatoms. The predicted molar refractivity (Wildman–Crippen MR) is 63.6 cm³/mol. The maximum absolute atomic E-state index is 11.7. The minimum Gasteiger partial charge on any atom is -0.424 e. The lowest BCUT2D eigenvalue weighted by Crippen LogP contribution is -2.18. The molecular formula is C12H8N4O2. The van der Waals surface area contributed by atoms with Crippen molar-refractivity contribution in [2.45, 2.75) is 0 Å². The van der Waals surface area contributed by atoms with Crippen molar-refractivity contribution in [3.63, 3.8) is 0 Å². The van der Waals surface area contributed by atoms with E-state index in [9.17, 15) is 4.79 Å². The average molecular weight is 240 g/mol. The van der Waals surface area contributed by atoms with E-state index in [0.717, 1.165) is 0 Å². The quantitative estimate of drug-likeness (QED) is 0.674. The Morgan fingerprint density at radius 3 is 2.78 bits per heavy atom. The molecule has 0 unspecified atom stereocenters. The Bertz CT molecular complexity index is 740. The van der Waals surface area contributed by atoms with Gasteiger partial charge in [-0.15, -0.1) is 4.98 Å². The molecule has 0 spiro atoms. The Labute approximate surface area is 102 Å². The first-order chi connectivity index (χ1) is 8.83. The molecular weight excluding hydrogens is 232 g/mol. The fourth-order valence-electron chi connectivity index (χ4n) is 1.50. The highest BCUT2D eigenvalue weighted by Gasteiger charge is 2.05. The van der Waals surface area contributed by atoms with Crippen LogP contribution in [0.4, 0.5) is 0 Å². The van der Waals surface area contributed by atoms with Crippen LogP contribution in [0.15, 0.2) is 53.7 Å². The molecule has 0 amide bonds. The molecule has 0 saturated carbocycles. The largest absolute Gasteiger partial charge is 0.424 e. The number of rotatable bonds is 2. The van der Waals surface area contributed by atoms with Gasteiger partial charge >= 0.3 is 11.7 Å². The van der Waals surface area contributed by atoms with Gasteiger partial charge in [0.25, 0.3) is 0 Å². The third-order valence-corrected chi connectivity index (χ3v) is 2.30. The van der Waals surface area contributed by atoms with Gasteiger partial charge in [-0.2, -0.15) is 4.98 Å². The fourth-order valence-corrected chi connectivity index (χ4v) is 1.50. The molecule has 1 aromatic carbocycles. The fraction of sp³-hybridized carbons (Fsp3) is 0. The highest BCUT2D eigenvalue weighted by molar-refractivity contribution is 5.35. The van der Waals surface area contributed by atoms with Gasteiger partial charge in [0.1, 0.15) is 5.75 Å². The Hall–Kier alpha value is -2.76. The van der Waals surface area contributed by atoms with E-state index in [0.29, 0.717) is 11.4 Å². The Balaban J connectivity index is 2.06. The summed E-state index contributed by atoms with van der Waals surface area (Å²) in [6.07, 6.45) is 4.47. The number of hydrogen-bond acceptors (Lipinski definition) is 5. The third kappa shape index (κ3) is 1.91. The van der Waals surface area contributed by atoms with Crippen molar-refractivity contribution >= 4 is 5.65 Å². The molecule has 18 heavy (non-hydrogen) atoms. The van der Waals surface area contributed by atoms with Crippen LogP contribution in [0.25, 0.3) is 5.65 Å². The van der Waals surface area contributed by atoms with Crippen LogP contribution in [0, 0.1) is 0 Å². The van der Waals surface area contributed by atoms with Crippen molar-refractivity contribution in [1.29, 1.82) is 0 Å². The zero-order valence-corrected chi connectivity index (χ0v) is 9.22. The number of fused-ring (bicyclic) bond motifs is 1. The number of aromatic nitrogens is 4. The molecule has 0 atom stereocenters. The summed E-state index contributed by atoms with van der Waals surface area (Å²) in [4.78, 5) is 23.4. The van der Waals surface area contributed by atoms with Crippen LogP contribution in [0.3, 0.4) is 0 Å². The van der Waals surface area contributed by atoms with Gasteiger partial charge in [0.15, 0.2) is 5.65 Å². The standard InChI is InChI=1S/C12H8N4O2/c17-12-15-11(18-9-4-2-1-3-5-9)14-10-8-13-6-7-16(10)12/h1-8H. The smallest absolute Gasteiger partial charge is 0.358 e. The number of nitrogens with zero attached hydrogens (tertiary/aromatic N) is 4. The van der Waals surface area contributed by atoms with E-state index in [1.165, 1.54) is 23.0 Å². The molecule has 6 nitrogen and oxygen atoms in total. The molecule has 3 rings (SSSR count). The Morgan fingerprint density at radius 1 is 1.11 bits per heavy atom. The van der Waals surface area contributed by atoms with Crippen molar-refractivity contribution in [2.24, 2.45) is 0 Å². The highest BCUT2D eigenvalue weighted by atomic mass is 16.5. The van der Waals surface area contributed by atoms with Gasteiger partial charge in [-0.05, 0) is 12.1 Å². The average Bonchev–Trinajstić information content (AvgIpc) is 2.40. The molecule has 2 aromatic heterocycles. The van der Waals surface area contributed by atoms with Crippen molar-refractivity contribution in [1.82, 2.24) is 19.4 Å². The second-order valence-corrected chi connectivity index (χ2v) is 3.51. The summed E-state index contributed by atoms with van der Waals surface area (Å²) in [6, 6.07) is 9.05. The second kappa shape index (κ2) is 4.25. The van der Waals surface area contributed by atoms with E-state index in [-0.39, 0.29) is 6.01 Å². The lowest BCUT2D eigenvalue weighted by Gasteiger charge is -2.03. The summed E-state index contributed by atoms with van der Waals surface area (Å²) in [7, 11) is 0. The predicted octanol–water partition coefficient (Wildman–Crippen LogP) is 1.28. The maximum atomic E-state index is 11.7. The van der Waals surface area contributed by atoms with Crippen LogP contribution in [-0.4, -0.2) is 19.4 Å². The SMILES string of the molecule is O=c1nc(Oc2ccccc2)nc2cnccn12. The van der Waals surface area contributed by atoms with Gasteiger partial charge in [0.05, 0.1) is 6.20 Å². The van der Waals surface area contributed by atoms with Crippen LogP contribution in [0.5, 0.6) is 11.8 Å². The molecule has 0 aliphatic carbocycles. The van der Waals surface area contributed by atoms with E-state index in [1.807, 2.05) is 18.2 Å². The Kier molecular flexibility index (Phi) is 2.45. The highest BCUT2D eigenvalue weighted by Crippen LogP contribution is 2.15. The van der Waals surface area contributed by atoms with Gasteiger partial charge in [-0.1, -0.05) is 18.2 Å². The van der Waals surface area contributed by atoms with Crippen molar-refractivity contribution in [3.05, 3.63) is 59.4 Å². The lowest BCUT2D eigenvalue weighted by atomic mass is 10.3. The molecule has 0 bridgehead atoms. The molecule has 88 valence electrons. The van der Waals surface area contributed by atoms with Crippen LogP contribution >= 0.6 is 0 Å². The summed E-state index contributed by atoms with van der Waals surface area (Å²) in [5, 5.41) is 0. The van der Waals surface area contributed by atoms with E-state index in [4.69, 9.17) is 4.74 Å². The van der Waals surface area contributed by atoms with Crippen molar-refractivity contribution < 1.29 is 4.74 Å². The topological polar surface area (TPSA) is 69.4 Å². The maximum Gasteiger partial charge on any atom is 0.358 e. The monoisotopic (exact) mass is 240 g/mol. The molecule has 0 radical (unpaired) electrons. The summed E-state index contributed by atoms with van der Waals surface area (Å²) < 4.78 is 6.70. The van der Waals surface area contributed by atoms with Crippen LogP contribution in [0.1, 0.15) is 0 Å². The van der Waals surface area contributed by atoms with E-state index >= 15 is 0 Å². The van der Waals surface area contributed by atoms with Crippen LogP contribution < -0.4 is 10.4 Å². The molecule has 0 fully saturated rings. The number of ether oxygens (including phenoxy) is 1. The number of hydrogen-bond donors (Lipinski definition) is 0. The first kappa shape index (κ1) is 10.4. The summed E-state index contributed by atoms with van der Waals surface area (Å²) in [5.74, 6) is 0.574. The van der Waals surface area contributed by atoms with Gasteiger partial charge < -0.3 is 4.74 Å². The van der Waals surface area contributed by atoms with Crippen LogP contribution in [-0.2, 0) is 0 Å². The zero-order valence-electron chi connectivity index (χ0n) is 9.22. The van der Waals surface area contributed by atoms with E-state index in [2.05, 4.69) is 15.0 Å². The van der Waals surface area contributed by atoms with Crippen molar-refractivity contribution in [2.75, 3.05) is 0 Å². The normalized spacial score (nSPS) is 10.4. The minimum atomic E-state index is -0.451. The summed E-state index contributed by atoms with van der Waals surface area (Å²) >= 11 is 0. The van der Waals surface area contributed by atoms with E-state index in [1.54, 1.807) is 12.1 Å². The summed E-state index contributed by atoms with van der Waals surface area (Å²) in [6.45, 7) is 0. The van der Waals surface area contributed by atoms with E-state index < -0.39 is 5.69 Å². The lowest BCUT2D eigenvalue weighted by molar-refractivity contribution is 0.438. The zero-order chi connectivity index (χ0) is 12.4. The molecule has 3 aromatic rings. The Morgan fingerprint density at radius 2 is 1.94 bits per heavy atom. The second-order valence-electron chi connectivity index (χ2n) is 3.51. The van der Waals surface area contributed by atoms with Gasteiger partial charge in [0, 0.05) is 12.4 Å². The van der Waals surface area contributed by atoms with Gasteiger partial charge in [0.2, 0.25) is 0 Å². The first-order valence-electron chi connectivity index (χ1n) is 5.26. The van der Waals surface area contributed by atoms with Gasteiger partial charge in [-0.3, -0.25) is 4.98 Å². The molecule has 0 aliphatic heterocycles. The van der Waals surface area contributed by atoms with Crippen LogP contribution in [0.2, 0.25) is 0 Å². The first-order valence-corrected chi connectivity index (χ1v) is 5.26. The van der Waals surface area contributed by atoms with Gasteiger partial charge in [-0.25, -0.2) is 9.20 Å². The minimum absolute atomic E-state index is 0.0131. The molecule has 0 N–H and O–H groups in total.